The molecule has 158 valence electrons. The number of carbonyl (C=O) groups is 3. The van der Waals surface area contributed by atoms with E-state index in [0.717, 1.165) is 31.0 Å². The number of piperidine rings is 2. The highest BCUT2D eigenvalue weighted by Crippen LogP contribution is 2.23. The molecule has 0 spiro atoms. The van der Waals surface area contributed by atoms with Crippen LogP contribution in [0.3, 0.4) is 0 Å². The Morgan fingerprint density at radius 2 is 1.69 bits per heavy atom. The van der Waals surface area contributed by atoms with Crippen LogP contribution < -0.4 is 5.32 Å². The molecule has 0 aliphatic carbocycles. The summed E-state index contributed by atoms with van der Waals surface area (Å²) in [5.41, 5.74) is -0.196. The molecule has 0 atom stereocenters. The Balaban J connectivity index is 1.43. The average Bonchev–Trinajstić information content (AvgIpc) is 2.70. The molecule has 0 bridgehead atoms. The average molecular weight is 407 g/mol. The van der Waals surface area contributed by atoms with E-state index in [1.165, 1.54) is 0 Å². The lowest BCUT2D eigenvalue weighted by Crippen LogP contribution is -2.49. The second kappa shape index (κ2) is 9.43. The zero-order valence-corrected chi connectivity index (χ0v) is 16.6. The van der Waals surface area contributed by atoms with E-state index in [1.807, 2.05) is 4.90 Å². The molecule has 2 heterocycles. The molecule has 2 amide bonds. The molecule has 2 aliphatic heterocycles. The van der Waals surface area contributed by atoms with Crippen LogP contribution in [0.25, 0.3) is 0 Å². The van der Waals surface area contributed by atoms with Gasteiger partial charge in [-0.1, -0.05) is 0 Å². The summed E-state index contributed by atoms with van der Waals surface area (Å²) >= 11 is 0. The van der Waals surface area contributed by atoms with Crippen molar-refractivity contribution < 1.29 is 23.2 Å². The molecular formula is C21H27F2N3O3. The number of nitrogens with one attached hydrogen (secondary N) is 1. The fourth-order valence-corrected chi connectivity index (χ4v) is 4.07. The summed E-state index contributed by atoms with van der Waals surface area (Å²) in [7, 11) is 0. The zero-order valence-electron chi connectivity index (χ0n) is 16.6. The third-order valence-electron chi connectivity index (χ3n) is 5.82. The lowest BCUT2D eigenvalue weighted by Gasteiger charge is -2.33. The van der Waals surface area contributed by atoms with Gasteiger partial charge in [-0.15, -0.1) is 0 Å². The van der Waals surface area contributed by atoms with E-state index >= 15 is 0 Å². The van der Waals surface area contributed by atoms with Gasteiger partial charge in [0.1, 0.15) is 11.6 Å². The minimum Gasteiger partial charge on any atom is -0.352 e. The van der Waals surface area contributed by atoms with E-state index < -0.39 is 11.6 Å². The number of likely N-dealkylation sites (tertiary alicyclic amines) is 2. The molecule has 0 unspecified atom stereocenters. The Morgan fingerprint density at radius 3 is 2.31 bits per heavy atom. The molecule has 2 aliphatic rings. The number of Topliss-reactive ketones (excluding diaryl/α,β-unsaturated/α-hetero) is 1. The molecule has 2 fully saturated rings. The Labute approximate surface area is 169 Å². The van der Waals surface area contributed by atoms with Crippen LogP contribution in [0.5, 0.6) is 0 Å². The predicted octanol–water partition coefficient (Wildman–Crippen LogP) is 1.99. The third kappa shape index (κ3) is 5.59. The van der Waals surface area contributed by atoms with Crippen LogP contribution in [-0.4, -0.2) is 66.2 Å². The molecule has 1 aromatic rings. The fraction of sp³-hybridized carbons (Fsp3) is 0.571. The summed E-state index contributed by atoms with van der Waals surface area (Å²) in [5, 5.41) is 3.02. The molecule has 0 aromatic heterocycles. The van der Waals surface area contributed by atoms with Crippen LogP contribution in [0.4, 0.5) is 8.78 Å². The highest BCUT2D eigenvalue weighted by atomic mass is 19.1. The maximum atomic E-state index is 13.8. The number of benzene rings is 1. The van der Waals surface area contributed by atoms with Gasteiger partial charge in [0.05, 0.1) is 12.1 Å². The quantitative estimate of drug-likeness (QED) is 0.758. The molecule has 1 aromatic carbocycles. The van der Waals surface area contributed by atoms with E-state index in [0.29, 0.717) is 39.0 Å². The van der Waals surface area contributed by atoms with Gasteiger partial charge >= 0.3 is 0 Å². The molecular weight excluding hydrogens is 380 g/mol. The van der Waals surface area contributed by atoms with Crippen LogP contribution in [0.15, 0.2) is 18.2 Å². The molecule has 0 radical (unpaired) electrons. The van der Waals surface area contributed by atoms with Crippen molar-refractivity contribution in [1.29, 1.82) is 0 Å². The van der Waals surface area contributed by atoms with Crippen molar-refractivity contribution in [1.82, 2.24) is 15.1 Å². The summed E-state index contributed by atoms with van der Waals surface area (Å²) in [6.07, 6.45) is 2.53. The minimum absolute atomic E-state index is 0.0605. The molecule has 6 nitrogen and oxygen atoms in total. The van der Waals surface area contributed by atoms with Crippen molar-refractivity contribution in [3.8, 4) is 0 Å². The highest BCUT2D eigenvalue weighted by Gasteiger charge is 2.29. The predicted molar refractivity (Wildman–Crippen MR) is 103 cm³/mol. The van der Waals surface area contributed by atoms with Gasteiger partial charge in [-0.2, -0.15) is 0 Å². The van der Waals surface area contributed by atoms with Crippen molar-refractivity contribution in [2.45, 2.75) is 38.6 Å². The van der Waals surface area contributed by atoms with Gasteiger partial charge in [-0.25, -0.2) is 8.78 Å². The van der Waals surface area contributed by atoms with Gasteiger partial charge in [0, 0.05) is 32.0 Å². The van der Waals surface area contributed by atoms with Crippen LogP contribution >= 0.6 is 0 Å². The Hall–Kier alpha value is -2.35. The Morgan fingerprint density at radius 1 is 1.03 bits per heavy atom. The molecule has 2 saturated heterocycles. The van der Waals surface area contributed by atoms with E-state index in [1.54, 1.807) is 11.8 Å². The number of hydrogen-bond acceptors (Lipinski definition) is 4. The van der Waals surface area contributed by atoms with E-state index in [9.17, 15) is 23.2 Å². The van der Waals surface area contributed by atoms with Gasteiger partial charge in [-0.05, 0) is 57.0 Å². The maximum absolute atomic E-state index is 13.8. The number of carbonyl (C=O) groups excluding carboxylic acids is 3. The van der Waals surface area contributed by atoms with Crippen LogP contribution in [-0.2, 0) is 9.59 Å². The van der Waals surface area contributed by atoms with E-state index in [2.05, 4.69) is 5.32 Å². The maximum Gasteiger partial charge on any atom is 0.234 e. The summed E-state index contributed by atoms with van der Waals surface area (Å²) in [6, 6.07) is 3.00. The normalized spacial score (nSPS) is 19.2. The van der Waals surface area contributed by atoms with Crippen molar-refractivity contribution in [2.75, 3.05) is 32.7 Å². The first-order valence-electron chi connectivity index (χ1n) is 10.1. The SMILES string of the molecule is CC(=O)N1CCC(NC(=O)CN2CCC(C(=O)c3cc(F)ccc3F)CC2)CC1. The van der Waals surface area contributed by atoms with Crippen LogP contribution in [0.2, 0.25) is 0 Å². The van der Waals surface area contributed by atoms with Crippen molar-refractivity contribution in [3.63, 3.8) is 0 Å². The Kier molecular flexibility index (Phi) is 6.95. The molecule has 29 heavy (non-hydrogen) atoms. The van der Waals surface area contributed by atoms with Gasteiger partial charge in [-0.3, -0.25) is 19.3 Å². The standard InChI is InChI=1S/C21H27F2N3O3/c1-14(27)26-10-6-17(7-11-26)24-20(28)13-25-8-4-15(5-9-25)21(29)18-12-16(22)2-3-19(18)23/h2-3,12,15,17H,4-11,13H2,1H3,(H,24,28). The van der Waals surface area contributed by atoms with E-state index in [-0.39, 0.29) is 41.7 Å². The topological polar surface area (TPSA) is 69.7 Å². The highest BCUT2D eigenvalue weighted by molar-refractivity contribution is 5.98. The molecule has 3 rings (SSSR count). The van der Waals surface area contributed by atoms with E-state index in [4.69, 9.17) is 0 Å². The van der Waals surface area contributed by atoms with Crippen molar-refractivity contribution in [2.24, 2.45) is 5.92 Å². The van der Waals surface area contributed by atoms with Crippen LogP contribution in [0.1, 0.15) is 43.0 Å². The smallest absolute Gasteiger partial charge is 0.234 e. The number of nitrogens with zero attached hydrogens (tertiary/aromatic N) is 2. The summed E-state index contributed by atoms with van der Waals surface area (Å²) < 4.78 is 27.2. The summed E-state index contributed by atoms with van der Waals surface area (Å²) in [5.74, 6) is -2.06. The van der Waals surface area contributed by atoms with Crippen molar-refractivity contribution >= 4 is 17.6 Å². The third-order valence-corrected chi connectivity index (χ3v) is 5.82. The number of hydrogen-bond donors (Lipinski definition) is 1. The van der Waals surface area contributed by atoms with Crippen LogP contribution in [0, 0.1) is 17.6 Å². The molecule has 8 heteroatoms. The monoisotopic (exact) mass is 407 g/mol. The first kappa shape index (κ1) is 21.4. The van der Waals surface area contributed by atoms with Gasteiger partial charge in [0.2, 0.25) is 11.8 Å². The summed E-state index contributed by atoms with van der Waals surface area (Å²) in [4.78, 5) is 39.9. The first-order valence-corrected chi connectivity index (χ1v) is 10.1. The molecule has 0 saturated carbocycles. The van der Waals surface area contributed by atoms with Gasteiger partial charge in [0.15, 0.2) is 5.78 Å². The zero-order chi connectivity index (χ0) is 21.0. The number of rotatable bonds is 5. The molecule has 1 N–H and O–H groups in total. The number of halogens is 2. The van der Waals surface area contributed by atoms with Crippen molar-refractivity contribution in [3.05, 3.63) is 35.4 Å². The number of ketones is 1. The first-order chi connectivity index (χ1) is 13.8. The lowest BCUT2D eigenvalue weighted by molar-refractivity contribution is -0.130. The Bertz CT molecular complexity index is 770. The second-order valence-electron chi connectivity index (χ2n) is 7.89. The fourth-order valence-electron chi connectivity index (χ4n) is 4.07. The largest absolute Gasteiger partial charge is 0.352 e. The lowest BCUT2D eigenvalue weighted by atomic mass is 9.88. The van der Waals surface area contributed by atoms with Gasteiger partial charge < -0.3 is 10.2 Å². The van der Waals surface area contributed by atoms with Gasteiger partial charge in [0.25, 0.3) is 0 Å². The minimum atomic E-state index is -0.700. The summed E-state index contributed by atoms with van der Waals surface area (Å²) in [6.45, 7) is 4.24. The number of amides is 2. The second-order valence-corrected chi connectivity index (χ2v) is 7.89.